The molecule has 0 saturated carbocycles. The number of rotatable bonds is 7. The largest absolute Gasteiger partial charge is 0.497 e. The maximum absolute atomic E-state index is 5.18. The Bertz CT molecular complexity index is 653. The number of aryl methyl sites for hydroxylation is 1. The number of aromatic nitrogens is 1. The van der Waals surface area contributed by atoms with Crippen molar-refractivity contribution in [2.75, 3.05) is 20.2 Å². The van der Waals surface area contributed by atoms with Gasteiger partial charge in [-0.1, -0.05) is 18.2 Å². The minimum absolute atomic E-state index is 0.569. The predicted octanol–water partition coefficient (Wildman–Crippen LogP) is 2.70. The Kier molecular flexibility index (Phi) is 7.08. The van der Waals surface area contributed by atoms with Crippen molar-refractivity contribution in [3.63, 3.8) is 0 Å². The summed E-state index contributed by atoms with van der Waals surface area (Å²) in [6.07, 6.45) is 0.928. The van der Waals surface area contributed by atoms with Crippen molar-refractivity contribution in [2.24, 2.45) is 4.99 Å². The average Bonchev–Trinajstić information content (AvgIpc) is 2.60. The Morgan fingerprint density at radius 1 is 1.12 bits per heavy atom. The summed E-state index contributed by atoms with van der Waals surface area (Å²) in [7, 11) is 1.68. The quantitative estimate of drug-likeness (QED) is 0.607. The van der Waals surface area contributed by atoms with Crippen LogP contribution in [0.4, 0.5) is 0 Å². The van der Waals surface area contributed by atoms with E-state index >= 15 is 0 Å². The highest BCUT2D eigenvalue weighted by Crippen LogP contribution is 2.11. The summed E-state index contributed by atoms with van der Waals surface area (Å²) in [5.74, 6) is 1.70. The van der Waals surface area contributed by atoms with Crippen LogP contribution in [-0.2, 0) is 13.0 Å². The lowest BCUT2D eigenvalue weighted by Gasteiger charge is -2.11. The van der Waals surface area contributed by atoms with Crippen molar-refractivity contribution in [3.8, 4) is 5.75 Å². The van der Waals surface area contributed by atoms with E-state index in [4.69, 9.17) is 4.74 Å². The van der Waals surface area contributed by atoms with Gasteiger partial charge in [-0.3, -0.25) is 4.98 Å². The average molecular weight is 326 g/mol. The van der Waals surface area contributed by atoms with E-state index in [1.165, 1.54) is 5.56 Å². The van der Waals surface area contributed by atoms with Crippen LogP contribution in [0.15, 0.2) is 47.5 Å². The minimum Gasteiger partial charge on any atom is -0.497 e. The maximum atomic E-state index is 5.18. The Balaban J connectivity index is 1.86. The lowest BCUT2D eigenvalue weighted by Crippen LogP contribution is -2.38. The van der Waals surface area contributed by atoms with Crippen LogP contribution in [0.5, 0.6) is 5.75 Å². The number of hydrogen-bond acceptors (Lipinski definition) is 3. The lowest BCUT2D eigenvalue weighted by molar-refractivity contribution is 0.414. The van der Waals surface area contributed by atoms with Crippen LogP contribution >= 0.6 is 0 Å². The van der Waals surface area contributed by atoms with E-state index < -0.39 is 0 Å². The van der Waals surface area contributed by atoms with Crippen LogP contribution in [0.25, 0.3) is 0 Å². The molecule has 0 aliphatic heterocycles. The number of aliphatic imine (C=N–C) groups is 1. The van der Waals surface area contributed by atoms with Crippen LogP contribution in [-0.4, -0.2) is 31.1 Å². The number of hydrogen-bond donors (Lipinski definition) is 2. The minimum atomic E-state index is 0.569. The molecule has 0 unspecified atom stereocenters. The third kappa shape index (κ3) is 5.91. The number of pyridine rings is 1. The smallest absolute Gasteiger partial charge is 0.191 e. The van der Waals surface area contributed by atoms with E-state index in [0.717, 1.165) is 42.6 Å². The van der Waals surface area contributed by atoms with Gasteiger partial charge in [0.1, 0.15) is 5.75 Å². The van der Waals surface area contributed by atoms with Gasteiger partial charge in [-0.2, -0.15) is 0 Å². The third-order valence-corrected chi connectivity index (χ3v) is 3.55. The van der Waals surface area contributed by atoms with Gasteiger partial charge in [0.15, 0.2) is 5.96 Å². The zero-order chi connectivity index (χ0) is 17.2. The zero-order valence-corrected chi connectivity index (χ0v) is 14.7. The standard InChI is InChI=1S/C19H26N4O/c1-4-20-19(22-14-17-7-5-6-15(2)23-17)21-13-12-16-8-10-18(24-3)11-9-16/h5-11H,4,12-14H2,1-3H3,(H2,20,21,22). The molecule has 0 bridgehead atoms. The molecule has 0 atom stereocenters. The summed E-state index contributed by atoms with van der Waals surface area (Å²) in [6.45, 7) is 6.27. The summed E-state index contributed by atoms with van der Waals surface area (Å²) in [5.41, 5.74) is 3.25. The van der Waals surface area contributed by atoms with Crippen molar-refractivity contribution in [1.82, 2.24) is 15.6 Å². The van der Waals surface area contributed by atoms with Crippen molar-refractivity contribution < 1.29 is 4.74 Å². The second kappa shape index (κ2) is 9.55. The van der Waals surface area contributed by atoms with Crippen LogP contribution in [0.3, 0.4) is 0 Å². The zero-order valence-electron chi connectivity index (χ0n) is 14.7. The van der Waals surface area contributed by atoms with Gasteiger partial charge >= 0.3 is 0 Å². The molecule has 2 aromatic rings. The molecule has 1 aromatic carbocycles. The molecule has 24 heavy (non-hydrogen) atoms. The first kappa shape index (κ1) is 17.8. The van der Waals surface area contributed by atoms with Gasteiger partial charge in [0.2, 0.25) is 0 Å². The summed E-state index contributed by atoms with van der Waals surface area (Å²) >= 11 is 0. The van der Waals surface area contributed by atoms with E-state index in [2.05, 4.69) is 39.7 Å². The summed E-state index contributed by atoms with van der Waals surface area (Å²) in [5, 5.41) is 6.63. The van der Waals surface area contributed by atoms with Crippen molar-refractivity contribution in [3.05, 3.63) is 59.4 Å². The molecule has 0 spiro atoms. The number of nitrogens with one attached hydrogen (secondary N) is 2. The first-order chi connectivity index (χ1) is 11.7. The first-order valence-corrected chi connectivity index (χ1v) is 8.29. The van der Waals surface area contributed by atoms with Gasteiger partial charge < -0.3 is 15.4 Å². The molecule has 2 rings (SSSR count). The van der Waals surface area contributed by atoms with E-state index in [1.54, 1.807) is 7.11 Å². The fourth-order valence-corrected chi connectivity index (χ4v) is 2.31. The first-order valence-electron chi connectivity index (χ1n) is 8.29. The van der Waals surface area contributed by atoms with E-state index in [9.17, 15) is 0 Å². The highest BCUT2D eigenvalue weighted by atomic mass is 16.5. The number of ether oxygens (including phenoxy) is 1. The predicted molar refractivity (Wildman–Crippen MR) is 98.5 cm³/mol. The molecular formula is C19H26N4O. The maximum Gasteiger partial charge on any atom is 0.191 e. The van der Waals surface area contributed by atoms with Crippen LogP contribution in [0.1, 0.15) is 23.9 Å². The van der Waals surface area contributed by atoms with E-state index in [1.807, 2.05) is 37.3 Å². The molecule has 0 amide bonds. The number of guanidine groups is 1. The van der Waals surface area contributed by atoms with Gasteiger partial charge in [0.05, 0.1) is 19.3 Å². The summed E-state index contributed by atoms with van der Waals surface area (Å²) < 4.78 is 5.18. The Morgan fingerprint density at radius 3 is 2.58 bits per heavy atom. The topological polar surface area (TPSA) is 58.5 Å². The monoisotopic (exact) mass is 326 g/mol. The second-order valence-corrected chi connectivity index (χ2v) is 5.49. The van der Waals surface area contributed by atoms with Gasteiger partial charge in [0.25, 0.3) is 0 Å². The molecule has 5 heteroatoms. The molecule has 0 aliphatic carbocycles. The Labute approximate surface area is 144 Å². The van der Waals surface area contributed by atoms with Crippen molar-refractivity contribution in [1.29, 1.82) is 0 Å². The second-order valence-electron chi connectivity index (χ2n) is 5.49. The Morgan fingerprint density at radius 2 is 1.92 bits per heavy atom. The SMILES string of the molecule is CCNC(=NCc1cccc(C)n1)NCCc1ccc(OC)cc1. The summed E-state index contributed by atoms with van der Waals surface area (Å²) in [6, 6.07) is 14.1. The molecule has 5 nitrogen and oxygen atoms in total. The van der Waals surface area contributed by atoms with Crippen molar-refractivity contribution in [2.45, 2.75) is 26.8 Å². The molecule has 2 N–H and O–H groups in total. The molecule has 0 radical (unpaired) electrons. The fraction of sp³-hybridized carbons (Fsp3) is 0.368. The van der Waals surface area contributed by atoms with Gasteiger partial charge in [-0.25, -0.2) is 4.99 Å². The fourth-order valence-electron chi connectivity index (χ4n) is 2.31. The number of benzene rings is 1. The van der Waals surface area contributed by atoms with E-state index in [-0.39, 0.29) is 0 Å². The number of methoxy groups -OCH3 is 1. The lowest BCUT2D eigenvalue weighted by atomic mass is 10.1. The summed E-state index contributed by atoms with van der Waals surface area (Å²) in [4.78, 5) is 9.07. The van der Waals surface area contributed by atoms with E-state index in [0.29, 0.717) is 6.54 Å². The molecule has 1 aromatic heterocycles. The highest BCUT2D eigenvalue weighted by Gasteiger charge is 2.00. The van der Waals surface area contributed by atoms with Gasteiger partial charge in [0, 0.05) is 18.8 Å². The molecule has 1 heterocycles. The highest BCUT2D eigenvalue weighted by molar-refractivity contribution is 5.79. The number of nitrogens with zero attached hydrogens (tertiary/aromatic N) is 2. The van der Waals surface area contributed by atoms with Crippen LogP contribution in [0.2, 0.25) is 0 Å². The molecular weight excluding hydrogens is 300 g/mol. The molecule has 0 aliphatic rings. The Hall–Kier alpha value is -2.56. The van der Waals surface area contributed by atoms with Gasteiger partial charge in [-0.15, -0.1) is 0 Å². The van der Waals surface area contributed by atoms with Crippen LogP contribution in [0, 0.1) is 6.92 Å². The molecule has 0 fully saturated rings. The normalized spacial score (nSPS) is 11.2. The third-order valence-electron chi connectivity index (χ3n) is 3.55. The molecule has 0 saturated heterocycles. The molecule has 128 valence electrons. The van der Waals surface area contributed by atoms with Crippen molar-refractivity contribution >= 4 is 5.96 Å². The van der Waals surface area contributed by atoms with Gasteiger partial charge in [-0.05, 0) is 50.1 Å². The van der Waals surface area contributed by atoms with Crippen LogP contribution < -0.4 is 15.4 Å².